The molecule has 0 aromatic heterocycles. The van der Waals surface area contributed by atoms with Crippen LogP contribution >= 0.6 is 15.9 Å². The second-order valence-electron chi connectivity index (χ2n) is 2.34. The average Bonchev–Trinajstić information content (AvgIpc) is 2.10. The number of hydrogen-bond acceptors (Lipinski definition) is 2. The summed E-state index contributed by atoms with van der Waals surface area (Å²) in [4.78, 5) is 11.0. The molecular weight excluding hydrogens is 246 g/mol. The number of benzene rings is 1. The molecule has 1 aromatic carbocycles. The first-order valence-electron chi connectivity index (χ1n) is 3.33. The van der Waals surface area contributed by atoms with Gasteiger partial charge in [-0.2, -0.15) is 0 Å². The van der Waals surface area contributed by atoms with Crippen LogP contribution in [0.5, 0.6) is 5.75 Å². The normalized spacial score (nSPS) is 10.1. The molecule has 1 N–H and O–H groups in total. The van der Waals surface area contributed by atoms with E-state index in [1.165, 1.54) is 0 Å². The number of ketones is 1. The Balaban J connectivity index is 3.28. The second-order valence-corrected chi connectivity index (χ2v) is 2.90. The molecule has 0 amide bonds. The van der Waals surface area contributed by atoms with Gasteiger partial charge in [-0.15, -0.1) is 0 Å². The number of phenols is 1. The van der Waals surface area contributed by atoms with Crippen LogP contribution in [0.4, 0.5) is 8.78 Å². The van der Waals surface area contributed by atoms with Crippen LogP contribution in [0.3, 0.4) is 0 Å². The van der Waals surface area contributed by atoms with Crippen molar-refractivity contribution in [2.45, 2.75) is 0 Å². The number of carbonyl (C=O) groups excluding carboxylic acids is 1. The molecule has 0 spiro atoms. The molecule has 0 aliphatic heterocycles. The molecule has 0 atom stereocenters. The van der Waals surface area contributed by atoms with E-state index >= 15 is 0 Å². The lowest BCUT2D eigenvalue weighted by molar-refractivity contribution is 0.101. The summed E-state index contributed by atoms with van der Waals surface area (Å²) in [6.45, 7) is 0. The fourth-order valence-electron chi connectivity index (χ4n) is 0.850. The zero-order valence-electron chi connectivity index (χ0n) is 6.35. The van der Waals surface area contributed by atoms with Gasteiger partial charge in [-0.25, -0.2) is 8.78 Å². The monoisotopic (exact) mass is 250 g/mol. The standard InChI is InChI=1S/C8H5BrF2O2/c9-3-7(13)5-1-4(10)2-6(12)8(5)11/h1-2,12H,3H2. The van der Waals surface area contributed by atoms with Crippen LogP contribution in [0.25, 0.3) is 0 Å². The Morgan fingerprint density at radius 2 is 2.08 bits per heavy atom. The fourth-order valence-corrected chi connectivity index (χ4v) is 1.15. The van der Waals surface area contributed by atoms with E-state index < -0.39 is 28.7 Å². The van der Waals surface area contributed by atoms with E-state index in [1.54, 1.807) is 0 Å². The fraction of sp³-hybridized carbons (Fsp3) is 0.125. The van der Waals surface area contributed by atoms with Gasteiger partial charge in [0, 0.05) is 6.07 Å². The van der Waals surface area contributed by atoms with E-state index in [4.69, 9.17) is 5.11 Å². The predicted molar refractivity (Wildman–Crippen MR) is 46.1 cm³/mol. The minimum absolute atomic E-state index is 0.118. The third kappa shape index (κ3) is 2.03. The van der Waals surface area contributed by atoms with Crippen molar-refractivity contribution in [1.29, 1.82) is 0 Å². The molecule has 0 radical (unpaired) electrons. The summed E-state index contributed by atoms with van der Waals surface area (Å²) in [7, 11) is 0. The Morgan fingerprint density at radius 3 is 2.62 bits per heavy atom. The molecule has 70 valence electrons. The Kier molecular flexibility index (Phi) is 2.98. The first-order valence-corrected chi connectivity index (χ1v) is 4.45. The van der Waals surface area contributed by atoms with Crippen molar-refractivity contribution in [3.8, 4) is 5.75 Å². The number of hydrogen-bond donors (Lipinski definition) is 1. The van der Waals surface area contributed by atoms with Gasteiger partial charge in [0.05, 0.1) is 10.9 Å². The van der Waals surface area contributed by atoms with Gasteiger partial charge in [-0.1, -0.05) is 15.9 Å². The molecule has 1 rings (SSSR count). The molecule has 0 heterocycles. The Labute approximate surface area is 81.3 Å². The van der Waals surface area contributed by atoms with Crippen molar-refractivity contribution < 1.29 is 18.7 Å². The van der Waals surface area contributed by atoms with Crippen molar-refractivity contribution in [1.82, 2.24) is 0 Å². The van der Waals surface area contributed by atoms with Crippen molar-refractivity contribution in [2.24, 2.45) is 0 Å². The lowest BCUT2D eigenvalue weighted by Crippen LogP contribution is -2.04. The average molecular weight is 251 g/mol. The quantitative estimate of drug-likeness (QED) is 0.646. The molecule has 0 aliphatic carbocycles. The van der Waals surface area contributed by atoms with E-state index in [0.717, 1.165) is 6.07 Å². The molecule has 0 bridgehead atoms. The largest absolute Gasteiger partial charge is 0.505 e. The zero-order chi connectivity index (χ0) is 10.0. The summed E-state index contributed by atoms with van der Waals surface area (Å²) in [5.41, 5.74) is -0.450. The summed E-state index contributed by atoms with van der Waals surface area (Å²) >= 11 is 2.81. The number of Topliss-reactive ketones (excluding diaryl/α,β-unsaturated/α-hetero) is 1. The van der Waals surface area contributed by atoms with E-state index in [9.17, 15) is 13.6 Å². The maximum atomic E-state index is 13.0. The molecule has 2 nitrogen and oxygen atoms in total. The third-order valence-electron chi connectivity index (χ3n) is 1.44. The van der Waals surface area contributed by atoms with E-state index in [0.29, 0.717) is 6.07 Å². The van der Waals surface area contributed by atoms with Gasteiger partial charge in [0.15, 0.2) is 17.3 Å². The highest BCUT2D eigenvalue weighted by Crippen LogP contribution is 2.21. The lowest BCUT2D eigenvalue weighted by Gasteiger charge is -2.01. The number of aromatic hydroxyl groups is 1. The van der Waals surface area contributed by atoms with Gasteiger partial charge < -0.3 is 5.11 Å². The van der Waals surface area contributed by atoms with Crippen molar-refractivity contribution in [3.63, 3.8) is 0 Å². The number of halogens is 3. The SMILES string of the molecule is O=C(CBr)c1cc(F)cc(O)c1F. The van der Waals surface area contributed by atoms with Gasteiger partial charge in [0.1, 0.15) is 5.82 Å². The van der Waals surface area contributed by atoms with Crippen LogP contribution in [0.2, 0.25) is 0 Å². The lowest BCUT2D eigenvalue weighted by atomic mass is 10.1. The molecule has 0 saturated carbocycles. The number of carbonyl (C=O) groups is 1. The summed E-state index contributed by atoms with van der Waals surface area (Å²) in [6, 6.07) is 1.36. The molecule has 0 aliphatic rings. The number of phenolic OH excluding ortho intramolecular Hbond substituents is 1. The summed E-state index contributed by atoms with van der Waals surface area (Å²) < 4.78 is 25.6. The van der Waals surface area contributed by atoms with Crippen molar-refractivity contribution >= 4 is 21.7 Å². The Hall–Kier alpha value is -0.970. The van der Waals surface area contributed by atoms with Crippen LogP contribution in [-0.2, 0) is 0 Å². The van der Waals surface area contributed by atoms with Crippen LogP contribution in [0.1, 0.15) is 10.4 Å². The topological polar surface area (TPSA) is 37.3 Å². The Bertz CT molecular complexity index is 352. The molecule has 13 heavy (non-hydrogen) atoms. The molecule has 5 heteroatoms. The molecule has 0 saturated heterocycles. The maximum Gasteiger partial charge on any atom is 0.176 e. The number of rotatable bonds is 2. The van der Waals surface area contributed by atoms with Gasteiger partial charge in [0.25, 0.3) is 0 Å². The minimum atomic E-state index is -1.09. The first-order chi connectivity index (χ1) is 6.06. The van der Waals surface area contributed by atoms with E-state index in [1.807, 2.05) is 0 Å². The van der Waals surface area contributed by atoms with Gasteiger partial charge >= 0.3 is 0 Å². The summed E-state index contributed by atoms with van der Waals surface area (Å²) in [5, 5.41) is 8.72. The van der Waals surface area contributed by atoms with E-state index in [-0.39, 0.29) is 5.33 Å². The maximum absolute atomic E-state index is 13.0. The number of alkyl halides is 1. The molecule has 0 fully saturated rings. The highest BCUT2D eigenvalue weighted by molar-refractivity contribution is 9.09. The molecule has 0 unspecified atom stereocenters. The van der Waals surface area contributed by atoms with Crippen molar-refractivity contribution in [2.75, 3.05) is 5.33 Å². The van der Waals surface area contributed by atoms with Crippen LogP contribution < -0.4 is 0 Å². The summed E-state index contributed by atoms with van der Waals surface area (Å²) in [5.74, 6) is -3.41. The first kappa shape index (κ1) is 10.1. The third-order valence-corrected chi connectivity index (χ3v) is 1.95. The molecular formula is C8H5BrF2O2. The highest BCUT2D eigenvalue weighted by Gasteiger charge is 2.15. The highest BCUT2D eigenvalue weighted by atomic mass is 79.9. The predicted octanol–water partition coefficient (Wildman–Crippen LogP) is 2.25. The van der Waals surface area contributed by atoms with Crippen molar-refractivity contribution in [3.05, 3.63) is 29.3 Å². The van der Waals surface area contributed by atoms with Crippen LogP contribution in [0.15, 0.2) is 12.1 Å². The van der Waals surface area contributed by atoms with Crippen LogP contribution in [-0.4, -0.2) is 16.2 Å². The minimum Gasteiger partial charge on any atom is -0.505 e. The summed E-state index contributed by atoms with van der Waals surface area (Å²) in [6.07, 6.45) is 0. The van der Waals surface area contributed by atoms with Gasteiger partial charge in [0.2, 0.25) is 0 Å². The van der Waals surface area contributed by atoms with Gasteiger partial charge in [-0.3, -0.25) is 4.79 Å². The van der Waals surface area contributed by atoms with Gasteiger partial charge in [-0.05, 0) is 6.07 Å². The van der Waals surface area contributed by atoms with Crippen LogP contribution in [0, 0.1) is 11.6 Å². The second kappa shape index (κ2) is 3.83. The smallest absolute Gasteiger partial charge is 0.176 e. The zero-order valence-corrected chi connectivity index (χ0v) is 7.94. The Morgan fingerprint density at radius 1 is 1.46 bits per heavy atom. The molecule has 1 aromatic rings. The van der Waals surface area contributed by atoms with E-state index in [2.05, 4.69) is 15.9 Å².